The smallest absolute Gasteiger partial charge is 0.407 e. The van der Waals surface area contributed by atoms with Gasteiger partial charge in [-0.2, -0.15) is 11.8 Å². The van der Waals surface area contributed by atoms with Gasteiger partial charge in [0.2, 0.25) is 5.91 Å². The Kier molecular flexibility index (Phi) is 95.8. The molecule has 25 aliphatic rings. The SMILES string of the molecule is C1=CCNC1.C1=CNCCC1.C1=CNCCC1.C1=CSC=CN1.C1=NCCN1.C1=NCCO1.C1CC2CCC1O2.C1CCNC1.C1CCNCC1.C1CCOC1.C1CCOCC1.C1CCSCC1.C1CNNC1.C1CO1.C1COCCN1.C1CSCN1.O=C1CCCC1.O=C1CCCC1.O=C1CCCC1.O=C1CCCN1.O=C1CCCO1.O=C1CCCO1.O=C1NCCCO1.O=S1(=O)CCCC1. The van der Waals surface area contributed by atoms with Crippen molar-refractivity contribution < 1.29 is 84.6 Å². The summed E-state index contributed by atoms with van der Waals surface area (Å²) in [7, 11) is -2.55. The van der Waals surface area contributed by atoms with Gasteiger partial charge in [0, 0.05) is 187 Å². The molecular formula is C100H185N15O18S4. The number of aliphatic imine (C=N–C) groups is 2. The maximum absolute atomic E-state index is 10.4. The zero-order chi connectivity index (χ0) is 98.1. The number of cyclic esters (lactones) is 3. The lowest BCUT2D eigenvalue weighted by Crippen LogP contribution is -2.31. The van der Waals surface area contributed by atoms with Crippen molar-refractivity contribution in [3.63, 3.8) is 0 Å². The van der Waals surface area contributed by atoms with Gasteiger partial charge in [0.25, 0.3) is 0 Å². The van der Waals surface area contributed by atoms with Crippen LogP contribution in [-0.2, 0) is 81.2 Å². The van der Waals surface area contributed by atoms with Crippen LogP contribution in [0.4, 0.5) is 4.79 Å². The molecular weight excluding hydrogens is 1830 g/mol. The van der Waals surface area contributed by atoms with E-state index >= 15 is 0 Å². The predicted octanol–water partition coefficient (Wildman–Crippen LogP) is 12.8. The molecule has 0 aromatic heterocycles. The summed E-state index contributed by atoms with van der Waals surface area (Å²) in [5.74, 6) is 7.63. The standard InChI is InChI=1S/C6H10O.C5H11N.2C5H9N.C5H10O.3C5H8O.C5H10S.C4H7NO2.C4H9NO.C4H7NO.C4H5NS.C4H9N.C4H7N.C4H8O2S.2C4H6O2.C4H8O.C3H6N2.C3H8N2.C3H5NO.C3H7NS.C2H4O/c1-2-6-4-3-5(1)7-6;4*1-2-4-6-5-3-1;3*6-5-3-1-2-4-5;1-2-4-6-5-3-1;6-4-5-2-1-3-7-4;1-3-6-4-2-5-1;6-4-2-1-3-5-4;1-3-6-4-2-5-1;2*1-2-4-5-3-1;5-7(6)3-1-2-4-7;2*5-4-2-1-3-6-4;1-2-4-5-3-1;1-2-5-3-4-1;1-2-4-5-3-1;2*1-2-5-3-4-1;1-2-3-1/h5-6H,1-4H2;6H,1-5H2;2*2,4,6H,1,3,5H2;1-5H2;3*1-4H2;1-5H2;1-3H2,(H,5,6);5H,1-4H2;1-3H2,(H,5,6);1-5H;5H,1-4H2;1-2,5H,3-4H2;1-4H2;2*1-3H2;1-4H2;3H,1-2H2,(H,4,5);4-5H,1-3H2;3H,1-2H2;4H,1-3H2;1-2H2. The van der Waals surface area contributed by atoms with Crippen LogP contribution in [0.3, 0.4) is 0 Å². The van der Waals surface area contributed by atoms with E-state index in [9.17, 15) is 42.0 Å². The molecule has 3 aliphatic carbocycles. The molecule has 2 amide bonds. The largest absolute Gasteiger partial charge is 0.482 e. The Morgan fingerprint density at radius 2 is 0.825 bits per heavy atom. The third-order valence-corrected chi connectivity index (χ3v) is 26.1. The number of thioether (sulfide) groups is 3. The van der Waals surface area contributed by atoms with Crippen LogP contribution in [0.15, 0.2) is 69.9 Å². The molecule has 2 bridgehead atoms. The first kappa shape index (κ1) is 127. The fourth-order valence-corrected chi connectivity index (χ4v) is 17.3. The van der Waals surface area contributed by atoms with Gasteiger partial charge in [-0.15, -0.1) is 23.5 Å². The second-order valence-electron chi connectivity index (χ2n) is 34.2. The van der Waals surface area contributed by atoms with Crippen molar-refractivity contribution in [1.29, 1.82) is 0 Å². The normalized spacial score (nSPS) is 23.5. The van der Waals surface area contributed by atoms with Crippen molar-refractivity contribution >= 4 is 99.2 Å². The molecule has 25 rings (SSSR count). The number of hydrogen-bond acceptors (Lipinski definition) is 34. The second-order valence-corrected chi connectivity index (χ2v) is 39.7. The summed E-state index contributed by atoms with van der Waals surface area (Å²) >= 11 is 5.73. The molecule has 3 saturated carbocycles. The van der Waals surface area contributed by atoms with E-state index in [0.717, 1.165) is 267 Å². The van der Waals surface area contributed by atoms with Crippen LogP contribution in [0.1, 0.15) is 276 Å². The molecule has 33 nitrogen and oxygen atoms in total. The van der Waals surface area contributed by atoms with Crippen LogP contribution in [0.2, 0.25) is 0 Å². The number of nitrogens with zero attached hydrogens (tertiary/aromatic N) is 2. The molecule has 792 valence electrons. The summed E-state index contributed by atoms with van der Waals surface area (Å²) in [4.78, 5) is 78.6. The van der Waals surface area contributed by atoms with Gasteiger partial charge in [0.15, 0.2) is 6.40 Å². The Labute approximate surface area is 837 Å². The number of morpholine rings is 1. The number of hydrogen-bond donors (Lipinski definition) is 13. The summed E-state index contributed by atoms with van der Waals surface area (Å²) in [6.45, 7) is 29.9. The molecule has 137 heavy (non-hydrogen) atoms. The van der Waals surface area contributed by atoms with Gasteiger partial charge in [-0.3, -0.25) is 49.6 Å². The lowest BCUT2D eigenvalue weighted by Gasteiger charge is -2.10. The highest BCUT2D eigenvalue weighted by atomic mass is 32.2. The van der Waals surface area contributed by atoms with Crippen molar-refractivity contribution in [1.82, 2.24) is 69.3 Å². The maximum Gasteiger partial charge on any atom is 0.407 e. The van der Waals surface area contributed by atoms with Crippen molar-refractivity contribution in [3.8, 4) is 0 Å². The van der Waals surface area contributed by atoms with E-state index in [-0.39, 0.29) is 23.9 Å². The Balaban J connectivity index is 0.000000484. The molecule has 22 heterocycles. The number of alkyl carbamates (subject to hydrolysis) is 1. The summed E-state index contributed by atoms with van der Waals surface area (Å²) < 4.78 is 64.1. The van der Waals surface area contributed by atoms with Crippen LogP contribution in [-0.4, -0.2) is 306 Å². The monoisotopic (exact) mass is 2010 g/mol. The van der Waals surface area contributed by atoms with Gasteiger partial charge in [-0.05, 0) is 266 Å². The second kappa shape index (κ2) is 103. The van der Waals surface area contributed by atoms with Crippen LogP contribution in [0, 0.1) is 0 Å². The summed E-state index contributed by atoms with van der Waals surface area (Å²) in [6, 6.07) is 0. The van der Waals surface area contributed by atoms with E-state index in [1.54, 1.807) is 18.1 Å². The summed E-state index contributed by atoms with van der Waals surface area (Å²) in [5.41, 5.74) is 5.94. The van der Waals surface area contributed by atoms with Crippen LogP contribution >= 0.6 is 35.3 Å². The third-order valence-electron chi connectivity index (χ3n) is 21.6. The maximum atomic E-state index is 10.4. The number of Topliss-reactive ketones (excluding diaryl/α,β-unsaturated/α-hetero) is 3. The molecule has 16 saturated heterocycles. The Morgan fingerprint density at radius 1 is 0.336 bits per heavy atom. The minimum Gasteiger partial charge on any atom is -0.482 e. The quantitative estimate of drug-likeness (QED) is 0.0464. The zero-order valence-electron chi connectivity index (χ0n) is 83.8. The first-order valence-electron chi connectivity index (χ1n) is 52.2. The number of esters is 2. The molecule has 19 fully saturated rings. The molecule has 0 atom stereocenters. The minimum absolute atomic E-state index is 0.0463. The molecule has 0 aromatic rings. The van der Waals surface area contributed by atoms with E-state index in [0.29, 0.717) is 73.7 Å². The van der Waals surface area contributed by atoms with Gasteiger partial charge in [0.1, 0.15) is 33.8 Å². The number of epoxide rings is 1. The number of rotatable bonds is 0. The first-order chi connectivity index (χ1) is 67.4. The van der Waals surface area contributed by atoms with Crippen molar-refractivity contribution in [2.75, 3.05) is 232 Å². The Bertz CT molecular complexity index is 2620. The number of ketones is 3. The van der Waals surface area contributed by atoms with Crippen LogP contribution in [0.25, 0.3) is 0 Å². The number of sulfone groups is 1. The fraction of sp³-hybridized carbons (Fsp3) is 0.810. The van der Waals surface area contributed by atoms with Crippen LogP contribution in [0.5, 0.6) is 0 Å². The Hall–Kier alpha value is -5.75. The first-order valence-corrected chi connectivity index (χ1v) is 57.3. The van der Waals surface area contributed by atoms with Gasteiger partial charge in [0.05, 0.1) is 89.4 Å². The number of piperidine rings is 1. The highest BCUT2D eigenvalue weighted by molar-refractivity contribution is 8.04. The number of carbonyl (C=O) groups excluding carboxylic acids is 7. The van der Waals surface area contributed by atoms with Crippen molar-refractivity contribution in [2.24, 2.45) is 9.98 Å². The van der Waals surface area contributed by atoms with E-state index < -0.39 is 9.84 Å². The lowest BCUT2D eigenvalue weighted by molar-refractivity contribution is -0.138. The van der Waals surface area contributed by atoms with Gasteiger partial charge >= 0.3 is 18.0 Å². The highest BCUT2D eigenvalue weighted by Gasteiger charge is 2.31. The average molecular weight is 2010 g/mol. The van der Waals surface area contributed by atoms with E-state index in [1.165, 1.54) is 204 Å². The number of nitrogens with one attached hydrogen (secondary N) is 13. The third kappa shape index (κ3) is 102. The lowest BCUT2D eigenvalue weighted by atomic mass is 10.0. The Morgan fingerprint density at radius 3 is 0.971 bits per heavy atom. The number of carbonyl (C=O) groups is 7. The van der Waals surface area contributed by atoms with E-state index in [2.05, 4.69) is 139 Å². The highest BCUT2D eigenvalue weighted by Crippen LogP contribution is 2.33. The van der Waals surface area contributed by atoms with E-state index in [4.69, 9.17) is 18.9 Å². The number of ether oxygens (including phenoxy) is 9. The fourth-order valence-electron chi connectivity index (χ4n) is 13.7. The van der Waals surface area contributed by atoms with Gasteiger partial charge in [-0.1, -0.05) is 37.1 Å². The number of amides is 2. The average Bonchev–Trinajstić information content (AvgIpc) is 1.73. The van der Waals surface area contributed by atoms with E-state index in [1.807, 2.05) is 47.4 Å². The van der Waals surface area contributed by atoms with Crippen molar-refractivity contribution in [3.05, 3.63) is 59.9 Å². The summed E-state index contributed by atoms with van der Waals surface area (Å²) in [5, 5.41) is 37.2. The van der Waals surface area contributed by atoms with Gasteiger partial charge in [-0.25, -0.2) is 13.2 Å². The molecule has 0 radical (unpaired) electrons. The number of hydrazine groups is 1. The number of fused-ring (bicyclic) bond motifs is 2. The minimum atomic E-state index is -2.55. The predicted molar refractivity (Wildman–Crippen MR) is 562 cm³/mol. The molecule has 0 spiro atoms. The summed E-state index contributed by atoms with van der Waals surface area (Å²) in [6.07, 6.45) is 69.7. The molecule has 37 heteroatoms. The molecule has 0 aromatic carbocycles. The topological polar surface area (TPSA) is 421 Å². The molecule has 13 N–H and O–H groups in total. The number of allylic oxidation sites excluding steroid dienone is 2. The molecule has 22 aliphatic heterocycles. The zero-order valence-corrected chi connectivity index (χ0v) is 87.1. The van der Waals surface area contributed by atoms with Gasteiger partial charge < -0.3 is 101 Å². The van der Waals surface area contributed by atoms with Crippen molar-refractivity contribution in [2.45, 2.75) is 288 Å². The van der Waals surface area contributed by atoms with Crippen LogP contribution < -0.4 is 69.3 Å². The molecule has 0 unspecified atom stereocenters.